The molecule has 3 aromatic rings. The zero-order valence-corrected chi connectivity index (χ0v) is 19.0. The summed E-state index contributed by atoms with van der Waals surface area (Å²) in [6, 6.07) is 17.2. The lowest BCUT2D eigenvalue weighted by atomic mass is 10.2. The number of hydrogen-bond donors (Lipinski definition) is 0. The lowest BCUT2D eigenvalue weighted by Crippen LogP contribution is -2.01. The van der Waals surface area contributed by atoms with Crippen LogP contribution in [-0.4, -0.2) is 13.3 Å². The molecule has 144 valence electrons. The van der Waals surface area contributed by atoms with Crippen molar-refractivity contribution < 1.29 is 9.47 Å². The number of aryl methyl sites for hydroxylation is 1. The van der Waals surface area contributed by atoms with Gasteiger partial charge in [-0.2, -0.15) is 0 Å². The second-order valence-electron chi connectivity index (χ2n) is 6.11. The highest BCUT2D eigenvalue weighted by Crippen LogP contribution is 2.35. The van der Waals surface area contributed by atoms with E-state index in [4.69, 9.17) is 32.7 Å². The van der Waals surface area contributed by atoms with Crippen molar-refractivity contribution in [3.63, 3.8) is 0 Å². The molecule has 3 nitrogen and oxygen atoms in total. The summed E-state index contributed by atoms with van der Waals surface area (Å²) in [6.45, 7) is 2.33. The van der Waals surface area contributed by atoms with Gasteiger partial charge in [-0.05, 0) is 71.0 Å². The number of benzene rings is 3. The molecule has 28 heavy (non-hydrogen) atoms. The Labute approximate surface area is 188 Å². The van der Waals surface area contributed by atoms with E-state index in [2.05, 4.69) is 27.6 Å². The molecule has 3 aromatic carbocycles. The summed E-state index contributed by atoms with van der Waals surface area (Å²) in [4.78, 5) is 4.50. The third-order valence-electron chi connectivity index (χ3n) is 4.10. The van der Waals surface area contributed by atoms with Gasteiger partial charge in [0.15, 0.2) is 11.5 Å². The molecular formula is C22H18Cl2INO2. The zero-order valence-electron chi connectivity index (χ0n) is 15.4. The Morgan fingerprint density at radius 3 is 2.54 bits per heavy atom. The number of aliphatic imine (C=N–C) groups is 1. The van der Waals surface area contributed by atoms with Crippen LogP contribution in [0.4, 0.5) is 5.69 Å². The van der Waals surface area contributed by atoms with Gasteiger partial charge in [0.25, 0.3) is 0 Å². The average Bonchev–Trinajstić information content (AvgIpc) is 2.68. The quantitative estimate of drug-likeness (QED) is 0.251. The molecule has 0 aromatic heterocycles. The maximum atomic E-state index is 6.21. The Hall–Kier alpha value is -1.76. The van der Waals surface area contributed by atoms with Crippen LogP contribution in [0.25, 0.3) is 0 Å². The van der Waals surface area contributed by atoms with E-state index in [1.807, 2.05) is 61.5 Å². The molecular weight excluding hydrogens is 508 g/mol. The highest BCUT2D eigenvalue weighted by atomic mass is 127. The molecule has 3 rings (SSSR count). The lowest BCUT2D eigenvalue weighted by Gasteiger charge is -2.14. The van der Waals surface area contributed by atoms with E-state index in [1.165, 1.54) is 0 Å². The van der Waals surface area contributed by atoms with Gasteiger partial charge >= 0.3 is 0 Å². The van der Waals surface area contributed by atoms with Gasteiger partial charge in [0.05, 0.1) is 16.4 Å². The molecule has 0 spiro atoms. The summed E-state index contributed by atoms with van der Waals surface area (Å²) in [5.74, 6) is 1.32. The average molecular weight is 526 g/mol. The summed E-state index contributed by atoms with van der Waals surface area (Å²) in [6.07, 6.45) is 1.78. The molecule has 0 saturated heterocycles. The van der Waals surface area contributed by atoms with Crippen LogP contribution in [0.1, 0.15) is 16.7 Å². The summed E-state index contributed by atoms with van der Waals surface area (Å²) in [5, 5.41) is 1.38. The minimum atomic E-state index is 0.362. The van der Waals surface area contributed by atoms with Crippen LogP contribution in [0.5, 0.6) is 11.5 Å². The first-order valence-electron chi connectivity index (χ1n) is 8.52. The molecule has 0 aliphatic heterocycles. The van der Waals surface area contributed by atoms with E-state index in [1.54, 1.807) is 13.3 Å². The molecule has 0 amide bonds. The standard InChI is InChI=1S/C22H18Cl2INO2/c1-14-7-8-17(11-19(14)24)26-12-15-9-20(25)22(21(10-15)27-2)28-13-16-5-3-4-6-18(16)23/h3-12H,13H2,1-2H3. The van der Waals surface area contributed by atoms with Crippen LogP contribution >= 0.6 is 45.8 Å². The van der Waals surface area contributed by atoms with Crippen LogP contribution in [0, 0.1) is 10.5 Å². The Kier molecular flexibility index (Phi) is 7.21. The zero-order chi connectivity index (χ0) is 20.1. The minimum absolute atomic E-state index is 0.362. The van der Waals surface area contributed by atoms with Gasteiger partial charge in [-0.1, -0.05) is 47.5 Å². The van der Waals surface area contributed by atoms with Gasteiger partial charge < -0.3 is 9.47 Å². The van der Waals surface area contributed by atoms with Crippen molar-refractivity contribution in [3.8, 4) is 11.5 Å². The second kappa shape index (κ2) is 9.63. The van der Waals surface area contributed by atoms with Gasteiger partial charge in [0, 0.05) is 21.8 Å². The molecule has 0 radical (unpaired) electrons. The van der Waals surface area contributed by atoms with Crippen LogP contribution in [0.15, 0.2) is 59.6 Å². The number of rotatable bonds is 6. The van der Waals surface area contributed by atoms with E-state index < -0.39 is 0 Å². The van der Waals surface area contributed by atoms with Gasteiger partial charge in [-0.3, -0.25) is 4.99 Å². The van der Waals surface area contributed by atoms with Gasteiger partial charge in [-0.15, -0.1) is 0 Å². The first kappa shape index (κ1) is 21.0. The third-order valence-corrected chi connectivity index (χ3v) is 5.68. The molecule has 0 unspecified atom stereocenters. The fourth-order valence-corrected chi connectivity index (χ4v) is 3.68. The van der Waals surface area contributed by atoms with Crippen LogP contribution in [0.3, 0.4) is 0 Å². The van der Waals surface area contributed by atoms with Crippen molar-refractivity contribution in [2.24, 2.45) is 4.99 Å². The van der Waals surface area contributed by atoms with Crippen molar-refractivity contribution >= 4 is 57.7 Å². The number of hydrogen-bond acceptors (Lipinski definition) is 3. The number of nitrogens with zero attached hydrogens (tertiary/aromatic N) is 1. The molecule has 0 N–H and O–H groups in total. The smallest absolute Gasteiger partial charge is 0.174 e. The molecule has 0 aliphatic carbocycles. The number of halogens is 3. The maximum Gasteiger partial charge on any atom is 0.174 e. The van der Waals surface area contributed by atoms with E-state index >= 15 is 0 Å². The summed E-state index contributed by atoms with van der Waals surface area (Å²) in [5.41, 5.74) is 3.65. The van der Waals surface area contributed by atoms with Crippen LogP contribution in [-0.2, 0) is 6.61 Å². The Morgan fingerprint density at radius 2 is 1.82 bits per heavy atom. The number of ether oxygens (including phenoxy) is 2. The first-order chi connectivity index (χ1) is 13.5. The molecule has 0 heterocycles. The monoisotopic (exact) mass is 525 g/mol. The van der Waals surface area contributed by atoms with Crippen molar-refractivity contribution in [2.75, 3.05) is 7.11 Å². The fourth-order valence-electron chi connectivity index (χ4n) is 2.53. The van der Waals surface area contributed by atoms with Crippen molar-refractivity contribution in [2.45, 2.75) is 13.5 Å². The highest BCUT2D eigenvalue weighted by molar-refractivity contribution is 14.1. The molecule has 0 saturated carbocycles. The molecule has 0 bridgehead atoms. The van der Waals surface area contributed by atoms with Crippen molar-refractivity contribution in [1.29, 1.82) is 0 Å². The van der Waals surface area contributed by atoms with Crippen LogP contribution < -0.4 is 9.47 Å². The van der Waals surface area contributed by atoms with E-state index in [-0.39, 0.29) is 0 Å². The van der Waals surface area contributed by atoms with Gasteiger partial charge in [-0.25, -0.2) is 0 Å². The Balaban J connectivity index is 1.81. The Bertz CT molecular complexity index is 1020. The molecule has 0 aliphatic rings. The predicted molar refractivity (Wildman–Crippen MR) is 125 cm³/mol. The van der Waals surface area contributed by atoms with Gasteiger partial charge in [0.1, 0.15) is 6.61 Å². The third kappa shape index (κ3) is 5.19. The molecule has 0 atom stereocenters. The highest BCUT2D eigenvalue weighted by Gasteiger charge is 2.12. The molecule has 6 heteroatoms. The summed E-state index contributed by atoms with van der Waals surface area (Å²) >= 11 is 14.6. The van der Waals surface area contributed by atoms with Crippen LogP contribution in [0.2, 0.25) is 10.0 Å². The van der Waals surface area contributed by atoms with Crippen molar-refractivity contribution in [1.82, 2.24) is 0 Å². The largest absolute Gasteiger partial charge is 0.493 e. The number of methoxy groups -OCH3 is 1. The SMILES string of the molecule is COc1cc(C=Nc2ccc(C)c(Cl)c2)cc(I)c1OCc1ccccc1Cl. The lowest BCUT2D eigenvalue weighted by molar-refractivity contribution is 0.282. The predicted octanol–water partition coefficient (Wildman–Crippen LogP) is 7.24. The first-order valence-corrected chi connectivity index (χ1v) is 10.4. The second-order valence-corrected chi connectivity index (χ2v) is 8.08. The fraction of sp³-hybridized carbons (Fsp3) is 0.136. The van der Waals surface area contributed by atoms with E-state index in [0.29, 0.717) is 28.2 Å². The van der Waals surface area contributed by atoms with E-state index in [9.17, 15) is 0 Å². The van der Waals surface area contributed by atoms with Gasteiger partial charge in [0.2, 0.25) is 0 Å². The normalized spacial score (nSPS) is 11.0. The summed E-state index contributed by atoms with van der Waals surface area (Å²) < 4.78 is 12.4. The topological polar surface area (TPSA) is 30.8 Å². The maximum absolute atomic E-state index is 6.21. The minimum Gasteiger partial charge on any atom is -0.493 e. The van der Waals surface area contributed by atoms with Crippen molar-refractivity contribution in [3.05, 3.63) is 84.9 Å². The Morgan fingerprint density at radius 1 is 1.04 bits per heavy atom. The van der Waals surface area contributed by atoms with E-state index in [0.717, 1.165) is 25.9 Å². The molecule has 0 fully saturated rings. The summed E-state index contributed by atoms with van der Waals surface area (Å²) in [7, 11) is 1.62.